The van der Waals surface area contributed by atoms with Gasteiger partial charge in [0.25, 0.3) is 10.1 Å². The first-order chi connectivity index (χ1) is 10.6. The highest BCUT2D eigenvalue weighted by Gasteiger charge is 1.95. The number of allylic oxidation sites excluding steroid dienone is 1. The molecular formula is C18H28O3S. The smallest absolute Gasteiger partial charge is 0.282 e. The normalized spacial score (nSPS) is 12.0. The second kappa shape index (κ2) is 11.4. The molecular weight excluding hydrogens is 296 g/mol. The largest absolute Gasteiger partial charge is 0.287 e. The molecule has 3 nitrogen and oxygen atoms in total. The van der Waals surface area contributed by atoms with Gasteiger partial charge in [0.15, 0.2) is 0 Å². The zero-order chi connectivity index (χ0) is 16.1. The molecule has 0 heterocycles. The number of hydrogen-bond donors (Lipinski definition) is 1. The van der Waals surface area contributed by atoms with E-state index < -0.39 is 10.1 Å². The summed E-state index contributed by atoms with van der Waals surface area (Å²) >= 11 is 0. The fraction of sp³-hybridized carbons (Fsp3) is 0.556. The van der Waals surface area contributed by atoms with Crippen molar-refractivity contribution in [3.05, 3.63) is 47.4 Å². The Labute approximate surface area is 135 Å². The lowest BCUT2D eigenvalue weighted by atomic mass is 10.0. The first kappa shape index (κ1) is 18.9. The van der Waals surface area contributed by atoms with E-state index in [0.29, 0.717) is 0 Å². The molecule has 1 aromatic rings. The van der Waals surface area contributed by atoms with Gasteiger partial charge in [0.1, 0.15) is 0 Å². The molecule has 0 aliphatic heterocycles. The Kier molecular flexibility index (Phi) is 9.84. The molecule has 1 aromatic carbocycles. The van der Waals surface area contributed by atoms with Gasteiger partial charge in [-0.25, -0.2) is 0 Å². The lowest BCUT2D eigenvalue weighted by Gasteiger charge is -2.02. The molecule has 0 aliphatic rings. The van der Waals surface area contributed by atoms with Gasteiger partial charge in [0, 0.05) is 0 Å². The summed E-state index contributed by atoms with van der Waals surface area (Å²) in [5, 5.41) is 0.875. The summed E-state index contributed by atoms with van der Waals surface area (Å²) in [5.74, 6) is 0. The second-order valence-corrected chi connectivity index (χ2v) is 7.04. The topological polar surface area (TPSA) is 54.4 Å². The van der Waals surface area contributed by atoms with Crippen LogP contribution in [0.1, 0.15) is 63.4 Å². The van der Waals surface area contributed by atoms with E-state index in [1.807, 2.05) is 0 Å². The molecule has 0 saturated heterocycles. The van der Waals surface area contributed by atoms with Gasteiger partial charge < -0.3 is 0 Å². The molecule has 1 N–H and O–H groups in total. The maximum atomic E-state index is 10.5. The monoisotopic (exact) mass is 324 g/mol. The minimum Gasteiger partial charge on any atom is -0.282 e. The Morgan fingerprint density at radius 3 is 1.95 bits per heavy atom. The molecule has 0 amide bonds. The summed E-state index contributed by atoms with van der Waals surface area (Å²) in [6.45, 7) is 0. The van der Waals surface area contributed by atoms with Gasteiger partial charge >= 0.3 is 0 Å². The zero-order valence-electron chi connectivity index (χ0n) is 13.3. The average Bonchev–Trinajstić information content (AvgIpc) is 2.48. The Bertz CT molecular complexity index is 506. The first-order valence-electron chi connectivity index (χ1n) is 8.26. The van der Waals surface area contributed by atoms with Gasteiger partial charge in [0.05, 0.1) is 5.41 Å². The highest BCUT2D eigenvalue weighted by molar-refractivity contribution is 7.88. The van der Waals surface area contributed by atoms with Crippen molar-refractivity contribution < 1.29 is 13.0 Å². The van der Waals surface area contributed by atoms with Crippen LogP contribution in [-0.4, -0.2) is 13.0 Å². The molecule has 0 aliphatic carbocycles. The van der Waals surface area contributed by atoms with E-state index >= 15 is 0 Å². The molecule has 0 bridgehead atoms. The minimum absolute atomic E-state index is 0.719. The molecule has 0 atom stereocenters. The molecule has 0 radical (unpaired) electrons. The Morgan fingerprint density at radius 2 is 1.36 bits per heavy atom. The summed E-state index contributed by atoms with van der Waals surface area (Å²) in [7, 11) is -3.94. The van der Waals surface area contributed by atoms with Crippen LogP contribution in [0.3, 0.4) is 0 Å². The predicted octanol–water partition coefficient (Wildman–Crippen LogP) is 5.14. The number of rotatable bonds is 12. The molecule has 22 heavy (non-hydrogen) atoms. The minimum atomic E-state index is -3.94. The van der Waals surface area contributed by atoms with E-state index in [-0.39, 0.29) is 0 Å². The lowest BCUT2D eigenvalue weighted by Crippen LogP contribution is -1.89. The van der Waals surface area contributed by atoms with E-state index in [1.165, 1.54) is 56.6 Å². The fourth-order valence-corrected chi connectivity index (χ4v) is 2.87. The van der Waals surface area contributed by atoms with Crippen LogP contribution in [0, 0.1) is 0 Å². The summed E-state index contributed by atoms with van der Waals surface area (Å²) in [6, 6.07) is 10.6. The maximum absolute atomic E-state index is 10.5. The van der Waals surface area contributed by atoms with E-state index in [2.05, 4.69) is 30.3 Å². The molecule has 0 aromatic heterocycles. The first-order valence-corrected chi connectivity index (χ1v) is 9.76. The third-order valence-corrected chi connectivity index (χ3v) is 4.23. The number of aryl methyl sites for hydroxylation is 1. The molecule has 124 valence electrons. The lowest BCUT2D eigenvalue weighted by molar-refractivity contribution is 0.494. The third-order valence-electron chi connectivity index (χ3n) is 3.70. The fourth-order valence-electron chi connectivity index (χ4n) is 2.49. The van der Waals surface area contributed by atoms with Crippen molar-refractivity contribution in [2.75, 3.05) is 0 Å². The van der Waals surface area contributed by atoms with Crippen LogP contribution in [-0.2, 0) is 16.5 Å². The molecule has 0 unspecified atom stereocenters. The molecule has 0 spiro atoms. The highest BCUT2D eigenvalue weighted by atomic mass is 32.2. The van der Waals surface area contributed by atoms with Crippen molar-refractivity contribution in [1.82, 2.24) is 0 Å². The predicted molar refractivity (Wildman–Crippen MR) is 92.4 cm³/mol. The van der Waals surface area contributed by atoms with Crippen LogP contribution in [0.25, 0.3) is 0 Å². The van der Waals surface area contributed by atoms with Gasteiger partial charge in [-0.15, -0.1) is 0 Å². The van der Waals surface area contributed by atoms with Crippen LogP contribution in [0.4, 0.5) is 0 Å². The average molecular weight is 324 g/mol. The Balaban J connectivity index is 1.85. The molecule has 4 heteroatoms. The Hall–Kier alpha value is -1.13. The van der Waals surface area contributed by atoms with E-state index in [4.69, 9.17) is 4.55 Å². The van der Waals surface area contributed by atoms with Crippen LogP contribution >= 0.6 is 0 Å². The summed E-state index contributed by atoms with van der Waals surface area (Å²) in [4.78, 5) is 0. The molecule has 0 saturated carbocycles. The second-order valence-electron chi connectivity index (χ2n) is 5.74. The SMILES string of the molecule is O=S(=O)(O)C=CCCCCCCCCCCc1ccccc1. The van der Waals surface area contributed by atoms with Gasteiger partial charge in [-0.3, -0.25) is 4.55 Å². The summed E-state index contributed by atoms with van der Waals surface area (Å²) in [6.07, 6.45) is 13.2. The standard InChI is InChI=1S/C18H28O3S/c19-22(20,21)17-13-8-6-4-2-1-3-5-7-10-14-18-15-11-9-12-16-18/h9,11-13,15-17H,1-8,10,14H2,(H,19,20,21). The van der Waals surface area contributed by atoms with Gasteiger partial charge in [0.2, 0.25) is 0 Å². The van der Waals surface area contributed by atoms with Crippen LogP contribution in [0.2, 0.25) is 0 Å². The van der Waals surface area contributed by atoms with Crippen LogP contribution in [0.5, 0.6) is 0 Å². The zero-order valence-corrected chi connectivity index (χ0v) is 14.1. The quantitative estimate of drug-likeness (QED) is 0.428. The molecule has 1 rings (SSSR count). The van der Waals surface area contributed by atoms with Crippen LogP contribution in [0.15, 0.2) is 41.8 Å². The van der Waals surface area contributed by atoms with Crippen molar-refractivity contribution in [3.8, 4) is 0 Å². The number of hydrogen-bond acceptors (Lipinski definition) is 2. The van der Waals surface area contributed by atoms with E-state index in [9.17, 15) is 8.42 Å². The third kappa shape index (κ3) is 11.5. The van der Waals surface area contributed by atoms with E-state index in [0.717, 1.165) is 24.7 Å². The highest BCUT2D eigenvalue weighted by Crippen LogP contribution is 2.12. The van der Waals surface area contributed by atoms with Crippen molar-refractivity contribution >= 4 is 10.1 Å². The van der Waals surface area contributed by atoms with Crippen LogP contribution < -0.4 is 0 Å². The summed E-state index contributed by atoms with van der Waals surface area (Å²) < 4.78 is 29.4. The van der Waals surface area contributed by atoms with Gasteiger partial charge in [-0.05, 0) is 31.2 Å². The van der Waals surface area contributed by atoms with Crippen molar-refractivity contribution in [3.63, 3.8) is 0 Å². The maximum Gasteiger partial charge on any atom is 0.287 e. The number of benzene rings is 1. The van der Waals surface area contributed by atoms with Crippen molar-refractivity contribution in [2.45, 2.75) is 64.2 Å². The Morgan fingerprint density at radius 1 is 0.818 bits per heavy atom. The van der Waals surface area contributed by atoms with Gasteiger partial charge in [-0.1, -0.05) is 74.9 Å². The molecule has 0 fully saturated rings. The van der Waals surface area contributed by atoms with E-state index in [1.54, 1.807) is 0 Å². The summed E-state index contributed by atoms with van der Waals surface area (Å²) in [5.41, 5.74) is 1.43. The van der Waals surface area contributed by atoms with Gasteiger partial charge in [-0.2, -0.15) is 8.42 Å². The van der Waals surface area contributed by atoms with Crippen molar-refractivity contribution in [2.24, 2.45) is 0 Å². The van der Waals surface area contributed by atoms with Crippen molar-refractivity contribution in [1.29, 1.82) is 0 Å². The number of unbranched alkanes of at least 4 members (excludes halogenated alkanes) is 8.